The molecule has 3 aromatic rings. The van der Waals surface area contributed by atoms with E-state index in [0.717, 1.165) is 12.0 Å². The minimum atomic E-state index is -0.905. The third kappa shape index (κ3) is 5.54. The van der Waals surface area contributed by atoms with Gasteiger partial charge in [0.2, 0.25) is 0 Å². The quantitative estimate of drug-likeness (QED) is 0.325. The average Bonchev–Trinajstić information content (AvgIpc) is 2.83. The molecule has 0 fully saturated rings. The van der Waals surface area contributed by atoms with Gasteiger partial charge in [-0.2, -0.15) is 0 Å². The summed E-state index contributed by atoms with van der Waals surface area (Å²) in [4.78, 5) is 24.2. The lowest BCUT2D eigenvalue weighted by Gasteiger charge is -2.24. The van der Waals surface area contributed by atoms with Crippen molar-refractivity contribution in [3.63, 3.8) is 0 Å². The average molecular weight is 499 g/mol. The van der Waals surface area contributed by atoms with Crippen LogP contribution in [0.25, 0.3) is 0 Å². The van der Waals surface area contributed by atoms with E-state index >= 15 is 0 Å². The van der Waals surface area contributed by atoms with E-state index in [1.165, 1.54) is 0 Å². The van der Waals surface area contributed by atoms with Crippen LogP contribution in [-0.4, -0.2) is 23.5 Å². The minimum absolute atomic E-state index is 0.0623. The number of carboxylic acids is 1. The Labute approximate surface area is 208 Å². The highest BCUT2D eigenvalue weighted by atomic mass is 35.5. The molecular formula is C27H24Cl2O5. The van der Waals surface area contributed by atoms with E-state index in [4.69, 9.17) is 32.7 Å². The smallest absolute Gasteiger partial charge is 0.311 e. The first-order chi connectivity index (χ1) is 16.3. The van der Waals surface area contributed by atoms with Crippen molar-refractivity contribution in [1.82, 2.24) is 0 Å². The fraction of sp³-hybridized carbons (Fsp3) is 0.259. The van der Waals surface area contributed by atoms with E-state index in [2.05, 4.69) is 6.92 Å². The number of fused-ring (bicyclic) bond motifs is 1. The Hall–Kier alpha value is -3.02. The van der Waals surface area contributed by atoms with Crippen molar-refractivity contribution in [3.05, 3.63) is 87.4 Å². The third-order valence-corrected chi connectivity index (χ3v) is 6.60. The van der Waals surface area contributed by atoms with Crippen molar-refractivity contribution in [2.75, 3.05) is 6.61 Å². The highest BCUT2D eigenvalue weighted by Crippen LogP contribution is 2.41. The van der Waals surface area contributed by atoms with Crippen molar-refractivity contribution in [1.29, 1.82) is 0 Å². The number of benzene rings is 3. The van der Waals surface area contributed by atoms with Crippen molar-refractivity contribution < 1.29 is 24.2 Å². The van der Waals surface area contributed by atoms with E-state index in [1.54, 1.807) is 36.4 Å². The summed E-state index contributed by atoms with van der Waals surface area (Å²) in [5.41, 5.74) is 2.31. The number of rotatable bonds is 8. The van der Waals surface area contributed by atoms with Crippen LogP contribution >= 0.6 is 23.2 Å². The SMILES string of the molecule is CC(CCC(=O)c1ccc(Oc2cc3c(cc2Cl)C(C(=O)O)CCO3)cc1)c1ccc(Cl)cc1. The molecule has 1 N–H and O–H groups in total. The summed E-state index contributed by atoms with van der Waals surface area (Å²) >= 11 is 12.3. The van der Waals surface area contributed by atoms with Crippen LogP contribution in [0.5, 0.6) is 17.2 Å². The monoisotopic (exact) mass is 498 g/mol. The van der Waals surface area contributed by atoms with Gasteiger partial charge in [-0.25, -0.2) is 0 Å². The van der Waals surface area contributed by atoms with Gasteiger partial charge in [0.15, 0.2) is 5.78 Å². The molecule has 1 aliphatic heterocycles. The van der Waals surface area contributed by atoms with Gasteiger partial charge in [-0.3, -0.25) is 9.59 Å². The van der Waals surface area contributed by atoms with Gasteiger partial charge >= 0.3 is 5.97 Å². The summed E-state index contributed by atoms with van der Waals surface area (Å²) in [6.45, 7) is 2.41. The molecule has 2 atom stereocenters. The number of halogens is 2. The Bertz CT molecular complexity index is 1190. The molecule has 5 nitrogen and oxygen atoms in total. The molecule has 0 saturated carbocycles. The fourth-order valence-corrected chi connectivity index (χ4v) is 4.35. The zero-order valence-corrected chi connectivity index (χ0v) is 20.1. The van der Waals surface area contributed by atoms with Gasteiger partial charge < -0.3 is 14.6 Å². The topological polar surface area (TPSA) is 72.8 Å². The number of hydrogen-bond donors (Lipinski definition) is 1. The standard InChI is InChI=1S/C27H24Cl2O5/c1-16(17-3-7-19(28)8-4-17)2-11-24(30)18-5-9-20(10-6-18)34-26-15-25-22(14-23(26)29)21(27(31)32)12-13-33-25/h3-10,14-16,21H,2,11-13H2,1H3,(H,31,32). The molecule has 7 heteroatoms. The number of hydrogen-bond acceptors (Lipinski definition) is 4. The summed E-state index contributed by atoms with van der Waals surface area (Å²) in [7, 11) is 0. The summed E-state index contributed by atoms with van der Waals surface area (Å²) in [5.74, 6) is 0.0887. The van der Waals surface area contributed by atoms with Gasteiger partial charge in [0.05, 0.1) is 17.5 Å². The van der Waals surface area contributed by atoms with Crippen molar-refractivity contribution >= 4 is 35.0 Å². The van der Waals surface area contributed by atoms with Crippen LogP contribution in [0.4, 0.5) is 0 Å². The number of carboxylic acid groups (broad SMARTS) is 1. The molecule has 1 heterocycles. The maximum absolute atomic E-state index is 12.7. The van der Waals surface area contributed by atoms with Gasteiger partial charge in [0, 0.05) is 28.6 Å². The molecule has 34 heavy (non-hydrogen) atoms. The molecule has 3 aromatic carbocycles. The zero-order chi connectivity index (χ0) is 24.2. The molecule has 0 aromatic heterocycles. The molecule has 4 rings (SSSR count). The van der Waals surface area contributed by atoms with Crippen LogP contribution < -0.4 is 9.47 Å². The third-order valence-electron chi connectivity index (χ3n) is 6.05. The predicted octanol–water partition coefficient (Wildman–Crippen LogP) is 7.50. The lowest BCUT2D eigenvalue weighted by atomic mass is 9.93. The lowest BCUT2D eigenvalue weighted by molar-refractivity contribution is -0.139. The number of carbonyl (C=O) groups is 2. The van der Waals surface area contributed by atoms with Gasteiger partial charge in [0.25, 0.3) is 0 Å². The van der Waals surface area contributed by atoms with Crippen molar-refractivity contribution in [3.8, 4) is 17.2 Å². The molecule has 0 saturated heterocycles. The Kier molecular flexibility index (Phi) is 7.44. The fourth-order valence-electron chi connectivity index (χ4n) is 4.01. The molecule has 0 spiro atoms. The molecular weight excluding hydrogens is 475 g/mol. The van der Waals surface area contributed by atoms with Crippen LogP contribution in [0, 0.1) is 0 Å². The second-order valence-corrected chi connectivity index (χ2v) is 9.23. The normalized spacial score (nSPS) is 15.7. The Morgan fingerprint density at radius 1 is 1.09 bits per heavy atom. The Morgan fingerprint density at radius 3 is 2.47 bits per heavy atom. The molecule has 1 aliphatic rings. The molecule has 0 aliphatic carbocycles. The van der Waals surface area contributed by atoms with Gasteiger partial charge in [-0.05, 0) is 66.8 Å². The van der Waals surface area contributed by atoms with Crippen LogP contribution in [-0.2, 0) is 4.79 Å². The van der Waals surface area contributed by atoms with Crippen molar-refractivity contribution in [2.45, 2.75) is 38.0 Å². The Morgan fingerprint density at radius 2 is 1.79 bits per heavy atom. The maximum atomic E-state index is 12.7. The van der Waals surface area contributed by atoms with E-state index in [-0.39, 0.29) is 11.7 Å². The minimum Gasteiger partial charge on any atom is -0.493 e. The summed E-state index contributed by atoms with van der Waals surface area (Å²) in [6.07, 6.45) is 1.57. The maximum Gasteiger partial charge on any atom is 0.311 e. The van der Waals surface area contributed by atoms with E-state index < -0.39 is 11.9 Å². The van der Waals surface area contributed by atoms with Gasteiger partial charge in [-0.1, -0.05) is 42.3 Å². The van der Waals surface area contributed by atoms with E-state index in [0.29, 0.717) is 57.9 Å². The largest absolute Gasteiger partial charge is 0.493 e. The first-order valence-electron chi connectivity index (χ1n) is 11.1. The van der Waals surface area contributed by atoms with E-state index in [1.807, 2.05) is 24.3 Å². The van der Waals surface area contributed by atoms with Crippen LogP contribution in [0.3, 0.4) is 0 Å². The number of carbonyl (C=O) groups excluding carboxylic acids is 1. The first-order valence-corrected chi connectivity index (χ1v) is 11.8. The first kappa shape index (κ1) is 24.1. The molecule has 0 amide bonds. The van der Waals surface area contributed by atoms with E-state index in [9.17, 15) is 14.7 Å². The van der Waals surface area contributed by atoms with Gasteiger partial charge in [0.1, 0.15) is 17.2 Å². The number of aliphatic carboxylic acids is 1. The molecule has 2 unspecified atom stereocenters. The van der Waals surface area contributed by atoms with Crippen molar-refractivity contribution in [2.24, 2.45) is 0 Å². The summed E-state index contributed by atoms with van der Waals surface area (Å²) in [5, 5.41) is 10.4. The van der Waals surface area contributed by atoms with Crippen LogP contribution in [0.1, 0.15) is 59.5 Å². The highest BCUT2D eigenvalue weighted by molar-refractivity contribution is 6.32. The van der Waals surface area contributed by atoms with Crippen LogP contribution in [0.2, 0.25) is 10.0 Å². The number of ketones is 1. The zero-order valence-electron chi connectivity index (χ0n) is 18.6. The summed E-state index contributed by atoms with van der Waals surface area (Å²) < 4.78 is 11.5. The lowest BCUT2D eigenvalue weighted by Crippen LogP contribution is -2.20. The van der Waals surface area contributed by atoms with Gasteiger partial charge in [-0.15, -0.1) is 0 Å². The molecule has 176 valence electrons. The second-order valence-electron chi connectivity index (χ2n) is 8.39. The molecule has 0 radical (unpaired) electrons. The van der Waals surface area contributed by atoms with Crippen LogP contribution in [0.15, 0.2) is 60.7 Å². The number of ether oxygens (including phenoxy) is 2. The predicted molar refractivity (Wildman–Crippen MR) is 132 cm³/mol. The second kappa shape index (κ2) is 10.5. The Balaban J connectivity index is 1.39. The number of Topliss-reactive ketones (excluding diaryl/α,β-unsaturated/α-hetero) is 1. The summed E-state index contributed by atoms with van der Waals surface area (Å²) in [6, 6.07) is 17.8. The highest BCUT2D eigenvalue weighted by Gasteiger charge is 2.29. The molecule has 0 bridgehead atoms.